The van der Waals surface area contributed by atoms with Gasteiger partial charge >= 0.3 is 0 Å². The highest BCUT2D eigenvalue weighted by molar-refractivity contribution is 7.99. The van der Waals surface area contributed by atoms with Crippen molar-refractivity contribution in [2.24, 2.45) is 0 Å². The van der Waals surface area contributed by atoms with Crippen LogP contribution in [0.1, 0.15) is 35.4 Å². The van der Waals surface area contributed by atoms with E-state index in [1.165, 1.54) is 4.88 Å². The third-order valence-electron chi connectivity index (χ3n) is 5.75. The van der Waals surface area contributed by atoms with Gasteiger partial charge in [-0.3, -0.25) is 4.90 Å². The minimum Gasteiger partial charge on any atom is -0.493 e. The normalized spacial score (nSPS) is 15.2. The number of ether oxygens (including phenoxy) is 3. The molecule has 1 saturated heterocycles. The van der Waals surface area contributed by atoms with E-state index >= 15 is 0 Å². The van der Waals surface area contributed by atoms with Crippen molar-refractivity contribution in [3.05, 3.63) is 40.5 Å². The summed E-state index contributed by atoms with van der Waals surface area (Å²) < 4.78 is 17.1. The fraction of sp³-hybridized carbons (Fsp3) is 0.480. The van der Waals surface area contributed by atoms with Crippen LogP contribution >= 0.6 is 23.1 Å². The van der Waals surface area contributed by atoms with Crippen molar-refractivity contribution in [3.8, 4) is 22.1 Å². The van der Waals surface area contributed by atoms with Crippen molar-refractivity contribution >= 4 is 28.9 Å². The predicted molar refractivity (Wildman–Crippen MR) is 142 cm³/mol. The van der Waals surface area contributed by atoms with E-state index in [1.807, 2.05) is 25.1 Å². The van der Waals surface area contributed by atoms with E-state index < -0.39 is 0 Å². The van der Waals surface area contributed by atoms with Gasteiger partial charge in [0.15, 0.2) is 16.7 Å². The third-order valence-corrected chi connectivity index (χ3v) is 7.98. The molecule has 0 spiro atoms. The van der Waals surface area contributed by atoms with Crippen LogP contribution in [0.15, 0.2) is 29.4 Å². The van der Waals surface area contributed by atoms with Gasteiger partial charge in [-0.2, -0.15) is 0 Å². The first kappa shape index (κ1) is 25.7. The SMILES string of the molecule is CCc1sc(-c2ccc(OC)c(OCCN3CCOCC3)c2)nc1C(C)Sc1nc(C)cc(N)n1. The molecule has 35 heavy (non-hydrogen) atoms. The zero-order valence-electron chi connectivity index (χ0n) is 20.7. The van der Waals surface area contributed by atoms with Crippen molar-refractivity contribution in [2.45, 2.75) is 37.6 Å². The summed E-state index contributed by atoms with van der Waals surface area (Å²) >= 11 is 3.30. The topological polar surface area (TPSA) is 95.6 Å². The molecule has 3 heterocycles. The Hall–Kier alpha value is -2.40. The van der Waals surface area contributed by atoms with Crippen LogP contribution in [0.3, 0.4) is 0 Å². The number of nitrogens with zero attached hydrogens (tertiary/aromatic N) is 4. The molecule has 0 aliphatic carbocycles. The van der Waals surface area contributed by atoms with Gasteiger partial charge in [-0.25, -0.2) is 15.0 Å². The molecule has 4 rings (SSSR count). The Morgan fingerprint density at radius 2 is 1.97 bits per heavy atom. The Labute approximate surface area is 215 Å². The second-order valence-electron chi connectivity index (χ2n) is 8.33. The van der Waals surface area contributed by atoms with Crippen molar-refractivity contribution in [2.75, 3.05) is 52.3 Å². The lowest BCUT2D eigenvalue weighted by Gasteiger charge is -2.26. The first-order chi connectivity index (χ1) is 17.0. The highest BCUT2D eigenvalue weighted by Gasteiger charge is 2.20. The maximum atomic E-state index is 6.14. The number of rotatable bonds is 10. The Morgan fingerprint density at radius 3 is 2.69 bits per heavy atom. The van der Waals surface area contributed by atoms with Crippen LogP contribution in [-0.4, -0.2) is 66.4 Å². The smallest absolute Gasteiger partial charge is 0.190 e. The molecular formula is C25H33N5O3S2. The van der Waals surface area contributed by atoms with E-state index in [2.05, 4.69) is 28.7 Å². The van der Waals surface area contributed by atoms with Gasteiger partial charge in [0.2, 0.25) is 0 Å². The number of thiazole rings is 1. The van der Waals surface area contributed by atoms with E-state index in [-0.39, 0.29) is 5.25 Å². The number of thioether (sulfide) groups is 1. The minimum absolute atomic E-state index is 0.0960. The number of hydrogen-bond donors (Lipinski definition) is 1. The summed E-state index contributed by atoms with van der Waals surface area (Å²) in [7, 11) is 1.67. The molecule has 8 nitrogen and oxygen atoms in total. The van der Waals surface area contributed by atoms with Gasteiger partial charge in [-0.1, -0.05) is 18.7 Å². The van der Waals surface area contributed by atoms with Crippen LogP contribution in [0.2, 0.25) is 0 Å². The quantitative estimate of drug-likeness (QED) is 0.306. The predicted octanol–water partition coefficient (Wildman–Crippen LogP) is 4.63. The fourth-order valence-electron chi connectivity index (χ4n) is 3.92. The number of nitrogen functional groups attached to an aromatic ring is 1. The summed E-state index contributed by atoms with van der Waals surface area (Å²) in [6, 6.07) is 7.80. The van der Waals surface area contributed by atoms with E-state index in [1.54, 1.807) is 36.3 Å². The lowest BCUT2D eigenvalue weighted by molar-refractivity contribution is 0.0321. The second kappa shape index (κ2) is 12.0. The number of hydrogen-bond acceptors (Lipinski definition) is 10. The van der Waals surface area contributed by atoms with Gasteiger partial charge in [0.05, 0.1) is 31.3 Å². The summed E-state index contributed by atoms with van der Waals surface area (Å²) in [4.78, 5) is 17.5. The highest BCUT2D eigenvalue weighted by Crippen LogP contribution is 2.40. The van der Waals surface area contributed by atoms with Gasteiger partial charge in [-0.15, -0.1) is 11.3 Å². The molecule has 1 atom stereocenters. The molecular weight excluding hydrogens is 482 g/mol. The van der Waals surface area contributed by atoms with Crippen molar-refractivity contribution in [3.63, 3.8) is 0 Å². The van der Waals surface area contributed by atoms with Gasteiger partial charge in [0.25, 0.3) is 0 Å². The van der Waals surface area contributed by atoms with E-state index in [0.717, 1.165) is 72.7 Å². The molecule has 0 amide bonds. The fourth-order valence-corrected chi connectivity index (χ4v) is 6.07. The average Bonchev–Trinajstić information content (AvgIpc) is 3.29. The Kier molecular flexibility index (Phi) is 8.83. The van der Waals surface area contributed by atoms with Crippen LogP contribution < -0.4 is 15.2 Å². The number of benzene rings is 1. The summed E-state index contributed by atoms with van der Waals surface area (Å²) in [6.07, 6.45) is 0.910. The van der Waals surface area contributed by atoms with Crippen molar-refractivity contribution in [1.82, 2.24) is 19.9 Å². The summed E-state index contributed by atoms with van der Waals surface area (Å²) in [5.41, 5.74) is 8.86. The molecule has 1 aromatic carbocycles. The molecule has 0 saturated carbocycles. The van der Waals surface area contributed by atoms with Crippen LogP contribution in [0, 0.1) is 6.92 Å². The molecule has 1 unspecified atom stereocenters. The number of methoxy groups -OCH3 is 1. The Morgan fingerprint density at radius 1 is 1.17 bits per heavy atom. The van der Waals surface area contributed by atoms with Crippen LogP contribution in [-0.2, 0) is 11.2 Å². The van der Waals surface area contributed by atoms with Crippen LogP contribution in [0.4, 0.5) is 5.82 Å². The summed E-state index contributed by atoms with van der Waals surface area (Å²) in [5, 5.41) is 1.74. The maximum Gasteiger partial charge on any atom is 0.190 e. The maximum absolute atomic E-state index is 6.14. The van der Waals surface area contributed by atoms with Crippen molar-refractivity contribution in [1.29, 1.82) is 0 Å². The van der Waals surface area contributed by atoms with Gasteiger partial charge in [0, 0.05) is 41.8 Å². The van der Waals surface area contributed by atoms with Gasteiger partial charge in [0.1, 0.15) is 17.4 Å². The Balaban J connectivity index is 1.51. The molecule has 10 heteroatoms. The van der Waals surface area contributed by atoms with Gasteiger partial charge in [-0.05, 0) is 38.5 Å². The van der Waals surface area contributed by atoms with Crippen LogP contribution in [0.25, 0.3) is 10.6 Å². The number of aryl methyl sites for hydroxylation is 2. The van der Waals surface area contributed by atoms with Crippen LogP contribution in [0.5, 0.6) is 11.5 Å². The molecule has 1 aliphatic rings. The zero-order valence-corrected chi connectivity index (χ0v) is 22.4. The average molecular weight is 516 g/mol. The molecule has 188 valence electrons. The molecule has 1 fully saturated rings. The molecule has 1 aliphatic heterocycles. The second-order valence-corrected chi connectivity index (χ2v) is 10.7. The number of anilines is 1. The lowest BCUT2D eigenvalue weighted by Crippen LogP contribution is -2.38. The first-order valence-electron chi connectivity index (χ1n) is 11.9. The highest BCUT2D eigenvalue weighted by atomic mass is 32.2. The molecule has 3 aromatic rings. The lowest BCUT2D eigenvalue weighted by atomic mass is 10.2. The zero-order chi connectivity index (χ0) is 24.8. The van der Waals surface area contributed by atoms with Gasteiger partial charge < -0.3 is 19.9 Å². The molecule has 0 radical (unpaired) electrons. The first-order valence-corrected chi connectivity index (χ1v) is 13.5. The largest absolute Gasteiger partial charge is 0.493 e. The van der Waals surface area contributed by atoms with E-state index in [9.17, 15) is 0 Å². The monoisotopic (exact) mass is 515 g/mol. The Bertz CT molecular complexity index is 1110. The third kappa shape index (κ3) is 6.63. The number of aromatic nitrogens is 3. The summed E-state index contributed by atoms with van der Waals surface area (Å²) in [5.74, 6) is 1.95. The molecule has 0 bridgehead atoms. The number of morpholine rings is 1. The minimum atomic E-state index is 0.0960. The molecule has 2 aromatic heterocycles. The standard InChI is InChI=1S/C25H33N5O3S2/c1-5-21-23(17(3)34-25-27-16(2)14-22(26)28-25)29-24(35-21)18-6-7-19(31-4)20(15-18)33-13-10-30-8-11-32-12-9-30/h6-7,14-15,17H,5,8-13H2,1-4H3,(H2,26,27,28). The van der Waals surface area contributed by atoms with E-state index in [0.29, 0.717) is 17.6 Å². The summed E-state index contributed by atoms with van der Waals surface area (Å²) in [6.45, 7) is 11.1. The van der Waals surface area contributed by atoms with E-state index in [4.69, 9.17) is 24.9 Å². The molecule has 2 N–H and O–H groups in total. The van der Waals surface area contributed by atoms with Crippen molar-refractivity contribution < 1.29 is 14.2 Å². The number of nitrogens with two attached hydrogens (primary N) is 1.